The minimum absolute atomic E-state index is 0.0868. The molecule has 0 N–H and O–H groups in total. The highest BCUT2D eigenvalue weighted by atomic mass is 16.2. The lowest BCUT2D eigenvalue weighted by Crippen LogP contribution is -2.30. The molecule has 1 heterocycles. The Morgan fingerprint density at radius 2 is 1.93 bits per heavy atom. The molecule has 74 valence electrons. The molecule has 1 aliphatic heterocycles. The van der Waals surface area contributed by atoms with Crippen molar-refractivity contribution in [1.82, 2.24) is 4.90 Å². The van der Waals surface area contributed by atoms with Crippen LogP contribution in [0.1, 0.15) is 6.92 Å². The van der Waals surface area contributed by atoms with Gasteiger partial charge in [0.15, 0.2) is 0 Å². The Bertz CT molecular complexity index is 336. The minimum Gasteiger partial charge on any atom is -0.323 e. The predicted molar refractivity (Wildman–Crippen MR) is 56.4 cm³/mol. The number of urea groups is 1. The van der Waals surface area contributed by atoms with E-state index in [0.29, 0.717) is 6.04 Å². The first kappa shape index (κ1) is 9.06. The Balaban J connectivity index is 2.26. The zero-order valence-electron chi connectivity index (χ0n) is 8.47. The second-order valence-corrected chi connectivity index (χ2v) is 3.69. The standard InChI is InChI=1S/C11H14N2O/c1-9-8-13(11(14)12(9)2)10-6-4-3-5-7-10/h3-7,9H,8H2,1-2H3. The van der Waals surface area contributed by atoms with Crippen molar-refractivity contribution >= 4 is 11.7 Å². The third-order valence-electron chi connectivity index (χ3n) is 2.71. The zero-order chi connectivity index (χ0) is 10.1. The number of likely N-dealkylation sites (N-methyl/N-ethyl adjacent to an activating group) is 1. The summed E-state index contributed by atoms with van der Waals surface area (Å²) in [6, 6.07) is 10.2. The quantitative estimate of drug-likeness (QED) is 0.664. The van der Waals surface area contributed by atoms with Crippen molar-refractivity contribution < 1.29 is 4.79 Å². The van der Waals surface area contributed by atoms with Crippen LogP contribution in [0, 0.1) is 0 Å². The fraction of sp³-hybridized carbons (Fsp3) is 0.364. The lowest BCUT2D eigenvalue weighted by atomic mass is 10.3. The molecule has 1 aliphatic rings. The van der Waals surface area contributed by atoms with Crippen LogP contribution in [0.3, 0.4) is 0 Å². The predicted octanol–water partition coefficient (Wildman–Crippen LogP) is 1.95. The highest BCUT2D eigenvalue weighted by Crippen LogP contribution is 2.21. The molecule has 3 heteroatoms. The number of para-hydroxylation sites is 1. The van der Waals surface area contributed by atoms with Gasteiger partial charge in [0, 0.05) is 25.3 Å². The first-order chi connectivity index (χ1) is 6.70. The van der Waals surface area contributed by atoms with E-state index in [-0.39, 0.29) is 6.03 Å². The van der Waals surface area contributed by atoms with Crippen molar-refractivity contribution in [1.29, 1.82) is 0 Å². The molecule has 0 bridgehead atoms. The molecule has 14 heavy (non-hydrogen) atoms. The van der Waals surface area contributed by atoms with Gasteiger partial charge in [-0.15, -0.1) is 0 Å². The van der Waals surface area contributed by atoms with Crippen molar-refractivity contribution in [2.45, 2.75) is 13.0 Å². The molecule has 1 aromatic rings. The molecule has 0 spiro atoms. The average molecular weight is 190 g/mol. The Morgan fingerprint density at radius 3 is 2.43 bits per heavy atom. The van der Waals surface area contributed by atoms with Gasteiger partial charge in [-0.1, -0.05) is 18.2 Å². The number of rotatable bonds is 1. The van der Waals surface area contributed by atoms with E-state index in [1.54, 1.807) is 4.90 Å². The molecular formula is C11H14N2O. The zero-order valence-corrected chi connectivity index (χ0v) is 8.47. The lowest BCUT2D eigenvalue weighted by molar-refractivity contribution is 0.221. The van der Waals surface area contributed by atoms with Gasteiger partial charge in [-0.25, -0.2) is 4.79 Å². The molecule has 2 amide bonds. The number of amides is 2. The first-order valence-electron chi connectivity index (χ1n) is 4.79. The number of carbonyl (C=O) groups is 1. The van der Waals surface area contributed by atoms with Crippen LogP contribution in [0.4, 0.5) is 10.5 Å². The van der Waals surface area contributed by atoms with Gasteiger partial charge in [-0.05, 0) is 19.1 Å². The molecule has 0 aliphatic carbocycles. The molecule has 1 saturated heterocycles. The summed E-state index contributed by atoms with van der Waals surface area (Å²) >= 11 is 0. The minimum atomic E-state index is 0.0868. The van der Waals surface area contributed by atoms with Crippen molar-refractivity contribution in [3.05, 3.63) is 30.3 Å². The maximum Gasteiger partial charge on any atom is 0.324 e. The van der Waals surface area contributed by atoms with E-state index in [1.807, 2.05) is 42.3 Å². The Hall–Kier alpha value is -1.51. The molecule has 0 saturated carbocycles. The molecule has 1 unspecified atom stereocenters. The number of anilines is 1. The maximum atomic E-state index is 11.8. The van der Waals surface area contributed by atoms with Crippen molar-refractivity contribution in [3.63, 3.8) is 0 Å². The Kier molecular flexibility index (Phi) is 2.15. The molecule has 0 aromatic heterocycles. The third-order valence-corrected chi connectivity index (χ3v) is 2.71. The van der Waals surface area contributed by atoms with Gasteiger partial charge in [-0.2, -0.15) is 0 Å². The van der Waals surface area contributed by atoms with Crippen molar-refractivity contribution in [3.8, 4) is 0 Å². The van der Waals surface area contributed by atoms with Gasteiger partial charge in [0.25, 0.3) is 0 Å². The summed E-state index contributed by atoms with van der Waals surface area (Å²) in [5.41, 5.74) is 0.980. The van der Waals surface area contributed by atoms with Crippen LogP contribution in [0.5, 0.6) is 0 Å². The van der Waals surface area contributed by atoms with Crippen LogP contribution in [-0.4, -0.2) is 30.6 Å². The summed E-state index contributed by atoms with van der Waals surface area (Å²) in [6.45, 7) is 2.83. The lowest BCUT2D eigenvalue weighted by Gasteiger charge is -2.15. The smallest absolute Gasteiger partial charge is 0.323 e. The van der Waals surface area contributed by atoms with E-state index in [1.165, 1.54) is 0 Å². The van der Waals surface area contributed by atoms with E-state index >= 15 is 0 Å². The van der Waals surface area contributed by atoms with Gasteiger partial charge < -0.3 is 4.90 Å². The number of carbonyl (C=O) groups excluding carboxylic acids is 1. The number of hydrogen-bond acceptors (Lipinski definition) is 1. The normalized spacial score (nSPS) is 21.9. The summed E-state index contributed by atoms with van der Waals surface area (Å²) in [5, 5.41) is 0. The third kappa shape index (κ3) is 1.35. The number of hydrogen-bond donors (Lipinski definition) is 0. The number of nitrogens with zero attached hydrogens (tertiary/aromatic N) is 2. The summed E-state index contributed by atoms with van der Waals surface area (Å²) in [6.07, 6.45) is 0. The van der Waals surface area contributed by atoms with E-state index in [2.05, 4.69) is 6.92 Å². The first-order valence-corrected chi connectivity index (χ1v) is 4.79. The van der Waals surface area contributed by atoms with Gasteiger partial charge in [0.2, 0.25) is 0 Å². The second-order valence-electron chi connectivity index (χ2n) is 3.69. The summed E-state index contributed by atoms with van der Waals surface area (Å²) in [7, 11) is 1.84. The van der Waals surface area contributed by atoms with E-state index in [4.69, 9.17) is 0 Å². The van der Waals surface area contributed by atoms with Gasteiger partial charge in [0.05, 0.1) is 0 Å². The molecule has 2 rings (SSSR count). The molecule has 3 nitrogen and oxygen atoms in total. The summed E-state index contributed by atoms with van der Waals surface area (Å²) < 4.78 is 0. The molecule has 0 radical (unpaired) electrons. The van der Waals surface area contributed by atoms with E-state index in [9.17, 15) is 4.79 Å². The SMILES string of the molecule is CC1CN(c2ccccc2)C(=O)N1C. The highest BCUT2D eigenvalue weighted by Gasteiger charge is 2.32. The van der Waals surface area contributed by atoms with Gasteiger partial charge in [0.1, 0.15) is 0 Å². The topological polar surface area (TPSA) is 23.6 Å². The molecule has 1 aromatic carbocycles. The monoisotopic (exact) mass is 190 g/mol. The fourth-order valence-corrected chi connectivity index (χ4v) is 1.67. The van der Waals surface area contributed by atoms with Crippen LogP contribution in [0.2, 0.25) is 0 Å². The Labute approximate surface area is 83.9 Å². The van der Waals surface area contributed by atoms with E-state index < -0.39 is 0 Å². The summed E-state index contributed by atoms with van der Waals surface area (Å²) in [5.74, 6) is 0. The largest absolute Gasteiger partial charge is 0.324 e. The van der Waals surface area contributed by atoms with Crippen LogP contribution in [0.15, 0.2) is 30.3 Å². The summed E-state index contributed by atoms with van der Waals surface area (Å²) in [4.78, 5) is 15.3. The average Bonchev–Trinajstić information content (AvgIpc) is 2.47. The molecule has 1 atom stereocenters. The number of benzene rings is 1. The maximum absolute atomic E-state index is 11.8. The van der Waals surface area contributed by atoms with Crippen LogP contribution >= 0.6 is 0 Å². The second kappa shape index (κ2) is 3.33. The van der Waals surface area contributed by atoms with Gasteiger partial charge in [-0.3, -0.25) is 4.90 Å². The van der Waals surface area contributed by atoms with Gasteiger partial charge >= 0.3 is 6.03 Å². The Morgan fingerprint density at radius 1 is 1.29 bits per heavy atom. The van der Waals surface area contributed by atoms with E-state index in [0.717, 1.165) is 12.2 Å². The molecule has 1 fully saturated rings. The van der Waals surface area contributed by atoms with Crippen LogP contribution < -0.4 is 4.90 Å². The van der Waals surface area contributed by atoms with Crippen LogP contribution in [0.25, 0.3) is 0 Å². The highest BCUT2D eigenvalue weighted by molar-refractivity contribution is 5.94. The van der Waals surface area contributed by atoms with Crippen molar-refractivity contribution in [2.24, 2.45) is 0 Å². The van der Waals surface area contributed by atoms with Crippen LogP contribution in [-0.2, 0) is 0 Å². The van der Waals surface area contributed by atoms with Crippen molar-refractivity contribution in [2.75, 3.05) is 18.5 Å². The fourth-order valence-electron chi connectivity index (χ4n) is 1.67. The molecular weight excluding hydrogens is 176 g/mol.